The molecule has 2 N–H and O–H groups in total. The summed E-state index contributed by atoms with van der Waals surface area (Å²) in [6.45, 7) is 4.80. The number of thiophene rings is 1. The molecule has 2 heterocycles. The molecule has 7 heteroatoms. The monoisotopic (exact) mass is 387 g/mol. The highest BCUT2D eigenvalue weighted by Crippen LogP contribution is 2.27. The molecule has 1 aromatic carbocycles. The van der Waals surface area contributed by atoms with Crippen molar-refractivity contribution in [1.29, 1.82) is 0 Å². The third kappa shape index (κ3) is 5.30. The topological polar surface area (TPSA) is 70.7 Å². The largest absolute Gasteiger partial charge is 0.450 e. The van der Waals surface area contributed by atoms with Crippen LogP contribution in [0.2, 0.25) is 0 Å². The lowest BCUT2D eigenvalue weighted by atomic mass is 10.1. The molecule has 1 aliphatic heterocycles. The lowest BCUT2D eigenvalue weighted by Gasteiger charge is -2.27. The van der Waals surface area contributed by atoms with Gasteiger partial charge in [0.15, 0.2) is 0 Å². The van der Waals surface area contributed by atoms with E-state index in [1.54, 1.807) is 42.5 Å². The summed E-state index contributed by atoms with van der Waals surface area (Å²) in [6, 6.07) is 11.2. The Morgan fingerprint density at radius 3 is 2.56 bits per heavy atom. The van der Waals surface area contributed by atoms with Gasteiger partial charge in [-0.1, -0.05) is 6.07 Å². The fraction of sp³-hybridized carbons (Fsp3) is 0.400. The maximum atomic E-state index is 12.5. The van der Waals surface area contributed by atoms with Crippen LogP contribution in [-0.2, 0) is 4.74 Å². The molecule has 0 spiro atoms. The molecule has 1 saturated heterocycles. The quantitative estimate of drug-likeness (QED) is 0.756. The van der Waals surface area contributed by atoms with E-state index in [1.165, 1.54) is 17.7 Å². The summed E-state index contributed by atoms with van der Waals surface area (Å²) in [4.78, 5) is 27.7. The molecule has 3 rings (SSSR count). The highest BCUT2D eigenvalue weighted by Gasteiger charge is 2.24. The summed E-state index contributed by atoms with van der Waals surface area (Å²) in [6.07, 6.45) is 1.93. The van der Waals surface area contributed by atoms with Gasteiger partial charge in [0.2, 0.25) is 0 Å². The molecule has 1 aromatic heterocycles. The summed E-state index contributed by atoms with van der Waals surface area (Å²) >= 11 is 1.73. The van der Waals surface area contributed by atoms with Crippen molar-refractivity contribution in [3.63, 3.8) is 0 Å². The van der Waals surface area contributed by atoms with Gasteiger partial charge in [-0.2, -0.15) is 0 Å². The number of hydrogen-bond donors (Lipinski definition) is 2. The average Bonchev–Trinajstić information content (AvgIpc) is 3.37. The van der Waals surface area contributed by atoms with Crippen molar-refractivity contribution in [1.82, 2.24) is 10.2 Å². The molecule has 0 aliphatic carbocycles. The van der Waals surface area contributed by atoms with E-state index in [2.05, 4.69) is 33.0 Å². The summed E-state index contributed by atoms with van der Waals surface area (Å²) in [5, 5.41) is 7.75. The molecule has 0 bridgehead atoms. The molecular formula is C20H25N3O3S. The number of nitrogens with one attached hydrogen (secondary N) is 2. The van der Waals surface area contributed by atoms with Gasteiger partial charge in [-0.25, -0.2) is 4.79 Å². The Morgan fingerprint density at radius 2 is 1.93 bits per heavy atom. The van der Waals surface area contributed by atoms with E-state index in [1.807, 2.05) is 0 Å². The first-order chi connectivity index (χ1) is 13.2. The van der Waals surface area contributed by atoms with E-state index in [4.69, 9.17) is 4.74 Å². The van der Waals surface area contributed by atoms with E-state index < -0.39 is 6.09 Å². The Bertz CT molecular complexity index is 740. The van der Waals surface area contributed by atoms with Gasteiger partial charge in [-0.15, -0.1) is 11.3 Å². The van der Waals surface area contributed by atoms with Crippen LogP contribution in [0.25, 0.3) is 0 Å². The van der Waals surface area contributed by atoms with Crippen LogP contribution in [0.4, 0.5) is 10.5 Å². The number of carbonyl (C=O) groups excluding carboxylic acids is 2. The van der Waals surface area contributed by atoms with Crippen molar-refractivity contribution in [2.24, 2.45) is 0 Å². The van der Waals surface area contributed by atoms with Gasteiger partial charge in [0.05, 0.1) is 12.6 Å². The van der Waals surface area contributed by atoms with E-state index >= 15 is 0 Å². The first kappa shape index (κ1) is 19.4. The molecule has 2 aromatic rings. The minimum atomic E-state index is -0.501. The van der Waals surface area contributed by atoms with Crippen LogP contribution < -0.4 is 10.6 Å². The average molecular weight is 388 g/mol. The second-order valence-corrected chi connectivity index (χ2v) is 7.39. The number of hydrogen-bond acceptors (Lipinski definition) is 5. The SMILES string of the molecule is CCOC(=O)Nc1ccc(C(=O)NCC(c2cccs2)N2CCCC2)cc1. The van der Waals surface area contributed by atoms with Gasteiger partial charge in [0, 0.05) is 22.7 Å². The molecule has 144 valence electrons. The Morgan fingerprint density at radius 1 is 1.19 bits per heavy atom. The first-order valence-corrected chi connectivity index (χ1v) is 10.1. The Labute approximate surface area is 163 Å². The molecule has 6 nitrogen and oxygen atoms in total. The van der Waals surface area contributed by atoms with Gasteiger partial charge in [-0.3, -0.25) is 15.0 Å². The molecule has 1 unspecified atom stereocenters. The number of amides is 2. The number of likely N-dealkylation sites (tertiary alicyclic amines) is 1. The maximum absolute atomic E-state index is 12.5. The number of carbonyl (C=O) groups is 2. The summed E-state index contributed by atoms with van der Waals surface area (Å²) in [5.74, 6) is -0.113. The molecule has 0 saturated carbocycles. The van der Waals surface area contributed by atoms with Crippen molar-refractivity contribution in [2.75, 3.05) is 31.6 Å². The number of nitrogens with zero attached hydrogens (tertiary/aromatic N) is 1. The Hall–Kier alpha value is -2.38. The summed E-state index contributed by atoms with van der Waals surface area (Å²) < 4.78 is 4.84. The van der Waals surface area contributed by atoms with E-state index in [-0.39, 0.29) is 11.9 Å². The van der Waals surface area contributed by atoms with Crippen molar-refractivity contribution in [3.05, 3.63) is 52.2 Å². The van der Waals surface area contributed by atoms with Crippen LogP contribution in [0.1, 0.15) is 41.0 Å². The normalized spacial score (nSPS) is 15.3. The highest BCUT2D eigenvalue weighted by molar-refractivity contribution is 7.10. The standard InChI is InChI=1S/C20H25N3O3S/c1-2-26-20(25)22-16-9-7-15(8-10-16)19(24)21-14-17(18-6-5-13-27-18)23-11-3-4-12-23/h5-10,13,17H,2-4,11-12,14H2,1H3,(H,21,24)(H,22,25). The van der Waals surface area contributed by atoms with Gasteiger partial charge >= 0.3 is 6.09 Å². The van der Waals surface area contributed by atoms with E-state index in [0.717, 1.165) is 13.1 Å². The van der Waals surface area contributed by atoms with Gasteiger partial charge in [0.1, 0.15) is 0 Å². The highest BCUT2D eigenvalue weighted by atomic mass is 32.1. The predicted octanol–water partition coefficient (Wildman–Crippen LogP) is 3.88. The van der Waals surface area contributed by atoms with Crippen LogP contribution >= 0.6 is 11.3 Å². The predicted molar refractivity (Wildman–Crippen MR) is 107 cm³/mol. The fourth-order valence-electron chi connectivity index (χ4n) is 3.23. The van der Waals surface area contributed by atoms with Crippen LogP contribution in [0, 0.1) is 0 Å². The second-order valence-electron chi connectivity index (χ2n) is 6.41. The zero-order chi connectivity index (χ0) is 19.1. The minimum Gasteiger partial charge on any atom is -0.450 e. The molecule has 1 fully saturated rings. The van der Waals surface area contributed by atoms with Crippen LogP contribution in [0.5, 0.6) is 0 Å². The molecule has 1 atom stereocenters. The smallest absolute Gasteiger partial charge is 0.411 e. The molecule has 27 heavy (non-hydrogen) atoms. The van der Waals surface area contributed by atoms with Crippen molar-refractivity contribution >= 4 is 29.0 Å². The third-order valence-electron chi connectivity index (χ3n) is 4.58. The lowest BCUT2D eigenvalue weighted by molar-refractivity contribution is 0.0938. The number of rotatable bonds is 7. The van der Waals surface area contributed by atoms with Crippen molar-refractivity contribution in [3.8, 4) is 0 Å². The minimum absolute atomic E-state index is 0.113. The van der Waals surface area contributed by atoms with Crippen molar-refractivity contribution in [2.45, 2.75) is 25.8 Å². The van der Waals surface area contributed by atoms with E-state index in [0.29, 0.717) is 24.4 Å². The lowest BCUT2D eigenvalue weighted by Crippen LogP contribution is -2.36. The van der Waals surface area contributed by atoms with E-state index in [9.17, 15) is 9.59 Å². The van der Waals surface area contributed by atoms with Gasteiger partial charge in [0.25, 0.3) is 5.91 Å². The number of ether oxygens (including phenoxy) is 1. The zero-order valence-electron chi connectivity index (χ0n) is 15.4. The Kier molecular flexibility index (Phi) is 6.84. The van der Waals surface area contributed by atoms with Crippen LogP contribution in [0.3, 0.4) is 0 Å². The molecule has 1 aliphatic rings. The zero-order valence-corrected chi connectivity index (χ0v) is 16.3. The molecule has 2 amide bonds. The second kappa shape index (κ2) is 9.53. The maximum Gasteiger partial charge on any atom is 0.411 e. The number of anilines is 1. The fourth-order valence-corrected chi connectivity index (χ4v) is 4.09. The summed E-state index contributed by atoms with van der Waals surface area (Å²) in [5.41, 5.74) is 1.16. The third-order valence-corrected chi connectivity index (χ3v) is 5.55. The van der Waals surface area contributed by atoms with Gasteiger partial charge in [-0.05, 0) is 68.6 Å². The molecular weight excluding hydrogens is 362 g/mol. The van der Waals surface area contributed by atoms with Gasteiger partial charge < -0.3 is 10.1 Å². The van der Waals surface area contributed by atoms with Crippen LogP contribution in [0.15, 0.2) is 41.8 Å². The summed E-state index contributed by atoms with van der Waals surface area (Å²) in [7, 11) is 0. The number of benzene rings is 1. The molecule has 0 radical (unpaired) electrons. The Balaban J connectivity index is 1.58. The first-order valence-electron chi connectivity index (χ1n) is 9.27. The van der Waals surface area contributed by atoms with Crippen molar-refractivity contribution < 1.29 is 14.3 Å². The van der Waals surface area contributed by atoms with Crippen LogP contribution in [-0.4, -0.2) is 43.1 Å².